The van der Waals surface area contributed by atoms with Crippen LogP contribution in [0.25, 0.3) is 0 Å². The lowest BCUT2D eigenvalue weighted by Crippen LogP contribution is -2.21. The van der Waals surface area contributed by atoms with Gasteiger partial charge in [-0.2, -0.15) is 0 Å². The molecule has 0 aromatic carbocycles. The number of rotatable bonds is 1. The molecule has 0 bridgehead atoms. The van der Waals surface area contributed by atoms with E-state index in [1.54, 1.807) is 0 Å². The lowest BCUT2D eigenvalue weighted by Gasteiger charge is -2.11. The Morgan fingerprint density at radius 3 is 2.78 bits per heavy atom. The second-order valence-electron chi connectivity index (χ2n) is 2.24. The Morgan fingerprint density at radius 2 is 2.44 bits per heavy atom. The standard InChI is InChI=1S/C7H9NO.H2/c1-5-3-7(4-5)8-6(2)9;/h3H2,1-2H3,(H,8,9);1H. The minimum Gasteiger partial charge on any atom is -0.323 e. The highest BCUT2D eigenvalue weighted by molar-refractivity contribution is 5.75. The van der Waals surface area contributed by atoms with E-state index in [0.717, 1.165) is 12.1 Å². The molecule has 0 unspecified atom stereocenters. The molecule has 2 nitrogen and oxygen atoms in total. The highest BCUT2D eigenvalue weighted by atomic mass is 16.1. The Hall–Kier alpha value is -1.01. The van der Waals surface area contributed by atoms with Gasteiger partial charge in [-0.15, -0.1) is 0 Å². The number of carbonyl (C=O) groups is 1. The van der Waals surface area contributed by atoms with Crippen molar-refractivity contribution in [2.24, 2.45) is 0 Å². The quantitative estimate of drug-likeness (QED) is 0.524. The molecule has 2 heteroatoms. The van der Waals surface area contributed by atoms with Gasteiger partial charge < -0.3 is 5.32 Å². The molecule has 1 N–H and O–H groups in total. The molecule has 0 aromatic heterocycles. The van der Waals surface area contributed by atoms with E-state index in [1.165, 1.54) is 12.5 Å². The van der Waals surface area contributed by atoms with Crippen LogP contribution < -0.4 is 5.32 Å². The van der Waals surface area contributed by atoms with Crippen molar-refractivity contribution in [1.82, 2.24) is 5.32 Å². The van der Waals surface area contributed by atoms with Crippen molar-refractivity contribution >= 4 is 5.91 Å². The second kappa shape index (κ2) is 2.08. The van der Waals surface area contributed by atoms with Gasteiger partial charge in [0, 0.05) is 14.8 Å². The molecule has 0 atom stereocenters. The summed E-state index contributed by atoms with van der Waals surface area (Å²) >= 11 is 0. The summed E-state index contributed by atoms with van der Waals surface area (Å²) in [6.45, 7) is 3.49. The van der Waals surface area contributed by atoms with Crippen molar-refractivity contribution in [3.63, 3.8) is 0 Å². The fourth-order valence-electron chi connectivity index (χ4n) is 0.792. The maximum absolute atomic E-state index is 10.4. The lowest BCUT2D eigenvalue weighted by molar-refractivity contribution is -0.118. The molecule has 9 heavy (non-hydrogen) atoms. The maximum atomic E-state index is 10.4. The van der Waals surface area contributed by atoms with Crippen LogP contribution in [0.5, 0.6) is 0 Å². The molecule has 0 saturated carbocycles. The van der Waals surface area contributed by atoms with Crippen molar-refractivity contribution in [3.8, 4) is 0 Å². The second-order valence-corrected chi connectivity index (χ2v) is 2.24. The molecule has 50 valence electrons. The minimum absolute atomic E-state index is 0. The van der Waals surface area contributed by atoms with Crippen LogP contribution in [0, 0.1) is 0 Å². The number of hydrogen-bond donors (Lipinski definition) is 1. The van der Waals surface area contributed by atoms with Crippen LogP contribution in [0.2, 0.25) is 0 Å². The van der Waals surface area contributed by atoms with E-state index in [1.807, 2.05) is 6.92 Å². The average molecular weight is 125 g/mol. The zero-order valence-corrected chi connectivity index (χ0v) is 5.62. The largest absolute Gasteiger partial charge is 0.323 e. The number of amides is 1. The molecule has 0 aliphatic heterocycles. The predicted molar refractivity (Wildman–Crippen MR) is 36.8 cm³/mol. The fourth-order valence-corrected chi connectivity index (χ4v) is 0.792. The van der Waals surface area contributed by atoms with Gasteiger partial charge in [0.15, 0.2) is 0 Å². The Balaban J connectivity index is 0.000000810. The molecule has 1 aliphatic rings. The van der Waals surface area contributed by atoms with Crippen molar-refractivity contribution in [1.29, 1.82) is 0 Å². The van der Waals surface area contributed by atoms with Crippen molar-refractivity contribution < 1.29 is 6.22 Å². The normalized spacial score (nSPS) is 15.3. The molecule has 0 radical (unpaired) electrons. The third-order valence-electron chi connectivity index (χ3n) is 1.13. The van der Waals surface area contributed by atoms with Gasteiger partial charge in [0.1, 0.15) is 0 Å². The van der Waals surface area contributed by atoms with Crippen molar-refractivity contribution in [3.05, 3.63) is 17.0 Å². The van der Waals surface area contributed by atoms with E-state index >= 15 is 0 Å². The maximum Gasteiger partial charge on any atom is 0.221 e. The van der Waals surface area contributed by atoms with Crippen LogP contribution in [0.4, 0.5) is 0 Å². The first-order valence-corrected chi connectivity index (χ1v) is 2.91. The Morgan fingerprint density at radius 1 is 1.89 bits per heavy atom. The van der Waals surface area contributed by atoms with Gasteiger partial charge in [-0.3, -0.25) is 4.79 Å². The van der Waals surface area contributed by atoms with Gasteiger partial charge in [-0.25, -0.2) is 0 Å². The monoisotopic (exact) mass is 125 g/mol. The average Bonchev–Trinajstić information content (AvgIpc) is 1.60. The van der Waals surface area contributed by atoms with E-state index < -0.39 is 0 Å². The summed E-state index contributed by atoms with van der Waals surface area (Å²) in [5, 5.41) is 2.66. The van der Waals surface area contributed by atoms with Crippen LogP contribution in [-0.2, 0) is 4.79 Å². The van der Waals surface area contributed by atoms with Gasteiger partial charge in [-0.05, 0) is 12.5 Å². The molecule has 1 amide bonds. The first-order valence-electron chi connectivity index (χ1n) is 2.91. The van der Waals surface area contributed by atoms with Crippen LogP contribution in [0.15, 0.2) is 17.0 Å². The Labute approximate surface area is 55.7 Å². The number of carbonyl (C=O) groups excluding carboxylic acids is 1. The molecule has 0 spiro atoms. The minimum atomic E-state index is -0.00926. The van der Waals surface area contributed by atoms with E-state index in [-0.39, 0.29) is 7.33 Å². The van der Waals surface area contributed by atoms with E-state index in [4.69, 9.17) is 0 Å². The topological polar surface area (TPSA) is 29.1 Å². The van der Waals surface area contributed by atoms with Gasteiger partial charge in [0.05, 0.1) is 5.70 Å². The number of nitrogens with one attached hydrogen (secondary N) is 1. The van der Waals surface area contributed by atoms with E-state index in [2.05, 4.69) is 11.0 Å². The van der Waals surface area contributed by atoms with Crippen LogP contribution in [0.3, 0.4) is 0 Å². The molecular formula is C7H11NO. The fraction of sp³-hybridized carbons (Fsp3) is 0.429. The summed E-state index contributed by atoms with van der Waals surface area (Å²) in [6.07, 6.45) is 0.888. The van der Waals surface area contributed by atoms with Crippen LogP contribution >= 0.6 is 0 Å². The Bertz CT molecular complexity index is 214. The third kappa shape index (κ3) is 1.44. The summed E-state index contributed by atoms with van der Waals surface area (Å²) in [5.74, 6) is -0.00926. The number of hydrogen-bond acceptors (Lipinski definition) is 1. The highest BCUT2D eigenvalue weighted by Gasteiger charge is 2.06. The molecule has 1 aliphatic carbocycles. The molecular weight excluding hydrogens is 114 g/mol. The predicted octanol–water partition coefficient (Wildman–Crippen LogP) is 1.20. The summed E-state index contributed by atoms with van der Waals surface area (Å²) < 4.78 is 0. The summed E-state index contributed by atoms with van der Waals surface area (Å²) in [7, 11) is 0. The molecule has 0 fully saturated rings. The summed E-state index contributed by atoms with van der Waals surface area (Å²) in [6, 6.07) is 0. The van der Waals surface area contributed by atoms with E-state index in [0.29, 0.717) is 0 Å². The van der Waals surface area contributed by atoms with Crippen molar-refractivity contribution in [2.75, 3.05) is 0 Å². The first-order chi connectivity index (χ1) is 4.18. The third-order valence-corrected chi connectivity index (χ3v) is 1.13. The summed E-state index contributed by atoms with van der Waals surface area (Å²) in [4.78, 5) is 10.4. The van der Waals surface area contributed by atoms with Crippen LogP contribution in [-0.4, -0.2) is 5.91 Å². The molecule has 1 rings (SSSR count). The zero-order chi connectivity index (χ0) is 6.85. The van der Waals surface area contributed by atoms with Crippen LogP contribution in [0.1, 0.15) is 21.7 Å². The zero-order valence-electron chi connectivity index (χ0n) is 5.62. The smallest absolute Gasteiger partial charge is 0.221 e. The van der Waals surface area contributed by atoms with Gasteiger partial charge in [-0.1, -0.05) is 5.73 Å². The van der Waals surface area contributed by atoms with Gasteiger partial charge >= 0.3 is 0 Å². The van der Waals surface area contributed by atoms with Crippen molar-refractivity contribution in [2.45, 2.75) is 20.3 Å². The summed E-state index contributed by atoms with van der Waals surface area (Å²) in [5.41, 5.74) is 5.10. The van der Waals surface area contributed by atoms with Gasteiger partial charge in [0.2, 0.25) is 5.91 Å². The van der Waals surface area contributed by atoms with E-state index in [9.17, 15) is 4.79 Å². The first kappa shape index (κ1) is 6.12. The lowest BCUT2D eigenvalue weighted by atomic mass is 10.1. The highest BCUT2D eigenvalue weighted by Crippen LogP contribution is 2.14. The molecule has 0 heterocycles. The Kier molecular flexibility index (Phi) is 1.41. The van der Waals surface area contributed by atoms with Gasteiger partial charge in [0.25, 0.3) is 0 Å². The molecule has 0 saturated heterocycles. The molecule has 0 aromatic rings. The SMILES string of the molecule is CC(=O)NC1=C=C(C)C1.[HH].